The molecule has 0 aromatic heterocycles. The van der Waals surface area contributed by atoms with Crippen molar-refractivity contribution in [3.63, 3.8) is 0 Å². The van der Waals surface area contributed by atoms with Crippen LogP contribution in [0, 0.1) is 0 Å². The number of fused-ring (bicyclic) bond motifs is 1. The Morgan fingerprint density at radius 1 is 1.00 bits per heavy atom. The molecule has 90 valence electrons. The molecule has 2 rings (SSSR count). The van der Waals surface area contributed by atoms with E-state index in [2.05, 4.69) is 0 Å². The van der Waals surface area contributed by atoms with Gasteiger partial charge in [-0.1, -0.05) is 12.1 Å². The summed E-state index contributed by atoms with van der Waals surface area (Å²) in [5.41, 5.74) is 6.31. The fraction of sp³-hybridized carbons (Fsp3) is 0.167. The first-order valence-corrected chi connectivity index (χ1v) is 6.57. The average Bonchev–Trinajstić information content (AvgIpc) is 2.27. The van der Waals surface area contributed by atoms with Crippen molar-refractivity contribution >= 4 is 26.5 Å². The molecular formula is C12H14N2O2S. The lowest BCUT2D eigenvalue weighted by Crippen LogP contribution is -2.22. The van der Waals surface area contributed by atoms with Crippen LogP contribution < -0.4 is 5.73 Å². The van der Waals surface area contributed by atoms with Crippen LogP contribution in [0.15, 0.2) is 41.3 Å². The van der Waals surface area contributed by atoms with E-state index < -0.39 is 10.0 Å². The van der Waals surface area contributed by atoms with E-state index in [9.17, 15) is 8.42 Å². The normalized spacial score (nSPS) is 12.2. The van der Waals surface area contributed by atoms with Crippen LogP contribution in [0.2, 0.25) is 0 Å². The number of sulfonamides is 1. The van der Waals surface area contributed by atoms with Gasteiger partial charge in [-0.3, -0.25) is 0 Å². The van der Waals surface area contributed by atoms with Crippen molar-refractivity contribution in [1.29, 1.82) is 0 Å². The zero-order valence-corrected chi connectivity index (χ0v) is 10.5. The molecule has 0 unspecified atom stereocenters. The van der Waals surface area contributed by atoms with E-state index in [0.717, 1.165) is 10.8 Å². The van der Waals surface area contributed by atoms with Crippen molar-refractivity contribution in [1.82, 2.24) is 4.31 Å². The summed E-state index contributed by atoms with van der Waals surface area (Å²) < 4.78 is 25.1. The molecule has 0 amide bonds. The molecule has 0 saturated carbocycles. The van der Waals surface area contributed by atoms with Gasteiger partial charge in [-0.15, -0.1) is 0 Å². The fourth-order valence-corrected chi connectivity index (χ4v) is 2.55. The lowest BCUT2D eigenvalue weighted by Gasteiger charge is -2.11. The highest BCUT2D eigenvalue weighted by molar-refractivity contribution is 7.89. The van der Waals surface area contributed by atoms with Crippen molar-refractivity contribution in [2.75, 3.05) is 19.8 Å². The van der Waals surface area contributed by atoms with Gasteiger partial charge in [-0.05, 0) is 35.0 Å². The highest BCUT2D eigenvalue weighted by Gasteiger charge is 2.16. The van der Waals surface area contributed by atoms with Crippen molar-refractivity contribution < 1.29 is 8.42 Å². The van der Waals surface area contributed by atoms with Gasteiger partial charge < -0.3 is 5.73 Å². The molecule has 2 aromatic rings. The zero-order valence-electron chi connectivity index (χ0n) is 9.71. The summed E-state index contributed by atoms with van der Waals surface area (Å²) in [6.07, 6.45) is 0. The Morgan fingerprint density at radius 2 is 1.65 bits per heavy atom. The maximum absolute atomic E-state index is 12.0. The minimum atomic E-state index is -3.39. The number of rotatable bonds is 2. The Morgan fingerprint density at radius 3 is 2.29 bits per heavy atom. The van der Waals surface area contributed by atoms with E-state index in [1.807, 2.05) is 6.07 Å². The van der Waals surface area contributed by atoms with Crippen molar-refractivity contribution in [3.8, 4) is 0 Å². The monoisotopic (exact) mass is 250 g/mol. The number of nitrogens with zero attached hydrogens (tertiary/aromatic N) is 1. The molecule has 0 saturated heterocycles. The van der Waals surface area contributed by atoms with Crippen LogP contribution >= 0.6 is 0 Å². The van der Waals surface area contributed by atoms with Gasteiger partial charge >= 0.3 is 0 Å². The number of benzene rings is 2. The molecule has 0 aliphatic carbocycles. The SMILES string of the molecule is CN(C)S(=O)(=O)c1ccc2ccc(N)cc2c1. The van der Waals surface area contributed by atoms with E-state index in [4.69, 9.17) is 5.73 Å². The number of nitrogen functional groups attached to an aromatic ring is 1. The van der Waals surface area contributed by atoms with E-state index in [-0.39, 0.29) is 4.90 Å². The number of anilines is 1. The maximum Gasteiger partial charge on any atom is 0.242 e. The highest BCUT2D eigenvalue weighted by Crippen LogP contribution is 2.22. The second-order valence-corrected chi connectivity index (χ2v) is 6.21. The Bertz CT molecular complexity index is 663. The van der Waals surface area contributed by atoms with Gasteiger partial charge in [-0.2, -0.15) is 0 Å². The molecule has 0 radical (unpaired) electrons. The fourth-order valence-electron chi connectivity index (χ4n) is 1.61. The summed E-state index contributed by atoms with van der Waals surface area (Å²) in [5.74, 6) is 0. The standard InChI is InChI=1S/C12H14N2O2S/c1-14(2)17(15,16)12-6-4-9-3-5-11(13)7-10(9)8-12/h3-8H,13H2,1-2H3. The average molecular weight is 250 g/mol. The molecule has 0 aliphatic rings. The lowest BCUT2D eigenvalue weighted by atomic mass is 10.1. The first-order chi connectivity index (χ1) is 7.91. The van der Waals surface area contributed by atoms with Crippen molar-refractivity contribution in [3.05, 3.63) is 36.4 Å². The third-order valence-electron chi connectivity index (χ3n) is 2.61. The second kappa shape index (κ2) is 4.01. The summed E-state index contributed by atoms with van der Waals surface area (Å²) in [4.78, 5) is 0.278. The number of nitrogens with two attached hydrogens (primary N) is 1. The maximum atomic E-state index is 12.0. The Labute approximate surface area is 101 Å². The van der Waals surface area contributed by atoms with Crippen LogP contribution in [0.1, 0.15) is 0 Å². The molecule has 0 heterocycles. The van der Waals surface area contributed by atoms with Gasteiger partial charge in [0.2, 0.25) is 10.0 Å². The third-order valence-corrected chi connectivity index (χ3v) is 4.43. The quantitative estimate of drug-likeness (QED) is 0.825. The van der Waals surface area contributed by atoms with Gasteiger partial charge in [0.1, 0.15) is 0 Å². The molecule has 2 aromatic carbocycles. The molecule has 5 heteroatoms. The van der Waals surface area contributed by atoms with Gasteiger partial charge in [0, 0.05) is 19.8 Å². The Hall–Kier alpha value is -1.59. The minimum Gasteiger partial charge on any atom is -0.399 e. The molecule has 0 bridgehead atoms. The van der Waals surface area contributed by atoms with E-state index in [0.29, 0.717) is 5.69 Å². The summed E-state index contributed by atoms with van der Waals surface area (Å²) in [6.45, 7) is 0. The highest BCUT2D eigenvalue weighted by atomic mass is 32.2. The van der Waals surface area contributed by atoms with E-state index in [1.165, 1.54) is 18.4 Å². The molecule has 2 N–H and O–H groups in total. The number of hydrogen-bond acceptors (Lipinski definition) is 3. The van der Waals surface area contributed by atoms with E-state index >= 15 is 0 Å². The van der Waals surface area contributed by atoms with Gasteiger partial charge in [-0.25, -0.2) is 12.7 Å². The van der Waals surface area contributed by atoms with Gasteiger partial charge in [0.25, 0.3) is 0 Å². The summed E-state index contributed by atoms with van der Waals surface area (Å²) in [7, 11) is -0.363. The lowest BCUT2D eigenvalue weighted by molar-refractivity contribution is 0.521. The van der Waals surface area contributed by atoms with Crippen LogP contribution in [0.5, 0.6) is 0 Å². The predicted octanol–water partition coefficient (Wildman–Crippen LogP) is 1.67. The molecule has 4 nitrogen and oxygen atoms in total. The largest absolute Gasteiger partial charge is 0.399 e. The molecule has 0 atom stereocenters. The molecule has 0 aliphatic heterocycles. The van der Waals surface area contributed by atoms with Crippen molar-refractivity contribution in [2.45, 2.75) is 4.90 Å². The van der Waals surface area contributed by atoms with Gasteiger partial charge in [0.05, 0.1) is 4.90 Å². The first kappa shape index (κ1) is 11.9. The summed E-state index contributed by atoms with van der Waals surface area (Å²) in [5, 5.41) is 1.80. The van der Waals surface area contributed by atoms with Crippen LogP contribution in [0.4, 0.5) is 5.69 Å². The first-order valence-electron chi connectivity index (χ1n) is 5.13. The van der Waals surface area contributed by atoms with Crippen LogP contribution in [-0.2, 0) is 10.0 Å². The van der Waals surface area contributed by atoms with Crippen LogP contribution in [-0.4, -0.2) is 26.8 Å². The summed E-state index contributed by atoms with van der Waals surface area (Å²) >= 11 is 0. The molecule has 0 spiro atoms. The topological polar surface area (TPSA) is 63.4 Å². The second-order valence-electron chi connectivity index (χ2n) is 4.06. The van der Waals surface area contributed by atoms with Gasteiger partial charge in [0.15, 0.2) is 0 Å². The Kier molecular flexibility index (Phi) is 2.81. The number of hydrogen-bond donors (Lipinski definition) is 1. The van der Waals surface area contributed by atoms with Crippen molar-refractivity contribution in [2.24, 2.45) is 0 Å². The summed E-state index contributed by atoms with van der Waals surface area (Å²) in [6, 6.07) is 10.5. The zero-order chi connectivity index (χ0) is 12.6. The van der Waals surface area contributed by atoms with Crippen LogP contribution in [0.25, 0.3) is 10.8 Å². The van der Waals surface area contributed by atoms with Crippen LogP contribution in [0.3, 0.4) is 0 Å². The van der Waals surface area contributed by atoms with E-state index in [1.54, 1.807) is 30.3 Å². The Balaban J connectivity index is 2.66. The third kappa shape index (κ3) is 2.11. The predicted molar refractivity (Wildman–Crippen MR) is 69.2 cm³/mol. The minimum absolute atomic E-state index is 0.278. The molecular weight excluding hydrogens is 236 g/mol. The molecule has 0 fully saturated rings. The molecule has 17 heavy (non-hydrogen) atoms. The smallest absolute Gasteiger partial charge is 0.242 e.